The van der Waals surface area contributed by atoms with Gasteiger partial charge in [0.15, 0.2) is 9.84 Å². The van der Waals surface area contributed by atoms with Crippen LogP contribution in [0.5, 0.6) is 0 Å². The molecule has 5 nitrogen and oxygen atoms in total. The number of hydrogen-bond acceptors (Lipinski definition) is 4. The molecule has 0 atom stereocenters. The molecular weight excluding hydrogens is 281 g/mol. The summed E-state index contributed by atoms with van der Waals surface area (Å²) in [6.07, 6.45) is 5.05. The lowest BCUT2D eigenvalue weighted by Gasteiger charge is -2.19. The van der Waals surface area contributed by atoms with Crippen molar-refractivity contribution in [3.8, 4) is 0 Å². The Kier molecular flexibility index (Phi) is 3.01. The molecule has 1 aliphatic heterocycles. The van der Waals surface area contributed by atoms with E-state index in [9.17, 15) is 12.8 Å². The van der Waals surface area contributed by atoms with Crippen LogP contribution in [-0.4, -0.2) is 31.2 Å². The molecule has 106 valence electrons. The predicted octanol–water partition coefficient (Wildman–Crippen LogP) is 1.52. The third kappa shape index (κ3) is 2.29. The molecule has 0 saturated carbocycles. The Morgan fingerprint density at radius 2 is 2.25 bits per heavy atom. The molecule has 1 N–H and O–H groups in total. The van der Waals surface area contributed by atoms with Crippen molar-refractivity contribution < 1.29 is 12.8 Å². The molecule has 1 aliphatic rings. The van der Waals surface area contributed by atoms with Gasteiger partial charge in [0.25, 0.3) is 0 Å². The normalized spacial score (nSPS) is 14.6. The molecule has 1 aromatic heterocycles. The Morgan fingerprint density at radius 3 is 2.90 bits per heavy atom. The van der Waals surface area contributed by atoms with Crippen LogP contribution in [0, 0.1) is 5.82 Å². The summed E-state index contributed by atoms with van der Waals surface area (Å²) in [6.45, 7) is 1.34. The number of aromatic nitrogens is 2. The highest BCUT2D eigenvalue weighted by molar-refractivity contribution is 7.90. The largest absolute Gasteiger partial charge is 0.365 e. The van der Waals surface area contributed by atoms with Gasteiger partial charge in [0.2, 0.25) is 0 Å². The van der Waals surface area contributed by atoms with E-state index < -0.39 is 15.7 Å². The van der Waals surface area contributed by atoms with E-state index in [-0.39, 0.29) is 4.90 Å². The molecule has 0 spiro atoms. The smallest absolute Gasteiger partial charge is 0.178 e. The summed E-state index contributed by atoms with van der Waals surface area (Å²) in [5, 5.41) is 0. The first kappa shape index (κ1) is 13.1. The number of rotatable bonds is 3. The summed E-state index contributed by atoms with van der Waals surface area (Å²) in [6, 6.07) is 2.77. The maximum Gasteiger partial charge on any atom is 0.178 e. The second-order valence-corrected chi connectivity index (χ2v) is 6.92. The standard InChI is InChI=1S/C13H14FN3O2S/c1-20(18,19)13-5-12-9(4-11(13)14)2-3-17(12)7-10-6-15-8-16-10/h4-6,8H,2-3,7H2,1H3,(H,15,16). The SMILES string of the molecule is CS(=O)(=O)c1cc2c(cc1F)CCN2Cc1cnc[nH]1. The molecule has 0 saturated heterocycles. The molecule has 0 bridgehead atoms. The maximum atomic E-state index is 13.8. The number of H-pyrrole nitrogens is 1. The Labute approximate surface area is 116 Å². The summed E-state index contributed by atoms with van der Waals surface area (Å²) < 4.78 is 37.0. The van der Waals surface area contributed by atoms with Crippen LogP contribution < -0.4 is 4.90 Å². The van der Waals surface area contributed by atoms with E-state index in [0.717, 1.165) is 29.7 Å². The van der Waals surface area contributed by atoms with Crippen LogP contribution in [0.15, 0.2) is 29.6 Å². The van der Waals surface area contributed by atoms with Gasteiger partial charge >= 0.3 is 0 Å². The lowest BCUT2D eigenvalue weighted by atomic mass is 10.1. The van der Waals surface area contributed by atoms with Gasteiger partial charge in [0, 0.05) is 24.7 Å². The van der Waals surface area contributed by atoms with E-state index in [1.54, 1.807) is 12.5 Å². The van der Waals surface area contributed by atoms with Crippen molar-refractivity contribution in [1.82, 2.24) is 9.97 Å². The van der Waals surface area contributed by atoms with Crippen LogP contribution >= 0.6 is 0 Å². The maximum absolute atomic E-state index is 13.8. The van der Waals surface area contributed by atoms with E-state index in [0.29, 0.717) is 13.0 Å². The number of sulfone groups is 1. The lowest BCUT2D eigenvalue weighted by Crippen LogP contribution is -2.20. The van der Waals surface area contributed by atoms with Gasteiger partial charge in [-0.3, -0.25) is 0 Å². The second-order valence-electron chi connectivity index (χ2n) is 4.93. The summed E-state index contributed by atoms with van der Waals surface area (Å²) >= 11 is 0. The summed E-state index contributed by atoms with van der Waals surface area (Å²) in [4.78, 5) is 8.74. The van der Waals surface area contributed by atoms with Crippen LogP contribution in [0.4, 0.5) is 10.1 Å². The van der Waals surface area contributed by atoms with E-state index in [4.69, 9.17) is 0 Å². The topological polar surface area (TPSA) is 66.1 Å². The Hall–Kier alpha value is -1.89. The minimum Gasteiger partial charge on any atom is -0.365 e. The van der Waals surface area contributed by atoms with Crippen LogP contribution in [-0.2, 0) is 22.8 Å². The molecule has 7 heteroatoms. The quantitative estimate of drug-likeness (QED) is 0.932. The predicted molar refractivity (Wildman–Crippen MR) is 72.9 cm³/mol. The average molecular weight is 295 g/mol. The summed E-state index contributed by atoms with van der Waals surface area (Å²) in [7, 11) is -3.56. The molecule has 0 fully saturated rings. The number of halogens is 1. The highest BCUT2D eigenvalue weighted by atomic mass is 32.2. The Balaban J connectivity index is 2.00. The first-order valence-electron chi connectivity index (χ1n) is 6.20. The average Bonchev–Trinajstić information content (AvgIpc) is 2.98. The highest BCUT2D eigenvalue weighted by Gasteiger charge is 2.24. The molecule has 0 unspecified atom stereocenters. The van der Waals surface area contributed by atoms with Crippen molar-refractivity contribution in [1.29, 1.82) is 0 Å². The molecule has 1 aromatic carbocycles. The first-order valence-corrected chi connectivity index (χ1v) is 8.09. The van der Waals surface area contributed by atoms with Crippen molar-refractivity contribution >= 4 is 15.5 Å². The number of benzene rings is 1. The molecule has 20 heavy (non-hydrogen) atoms. The first-order chi connectivity index (χ1) is 9.45. The summed E-state index contributed by atoms with van der Waals surface area (Å²) in [5.41, 5.74) is 2.55. The van der Waals surface area contributed by atoms with E-state index in [1.165, 1.54) is 12.1 Å². The number of anilines is 1. The number of nitrogens with one attached hydrogen (secondary N) is 1. The van der Waals surface area contributed by atoms with Crippen molar-refractivity contribution in [2.24, 2.45) is 0 Å². The number of nitrogens with zero attached hydrogens (tertiary/aromatic N) is 2. The van der Waals surface area contributed by atoms with Gasteiger partial charge in [0.1, 0.15) is 10.7 Å². The Bertz CT molecular complexity index is 741. The van der Waals surface area contributed by atoms with Gasteiger partial charge in [-0.15, -0.1) is 0 Å². The van der Waals surface area contributed by atoms with Gasteiger partial charge in [-0.1, -0.05) is 0 Å². The second kappa shape index (κ2) is 4.59. The van der Waals surface area contributed by atoms with Crippen LogP contribution in [0.25, 0.3) is 0 Å². The number of hydrogen-bond donors (Lipinski definition) is 1. The van der Waals surface area contributed by atoms with Crippen molar-refractivity contribution in [2.45, 2.75) is 17.9 Å². The van der Waals surface area contributed by atoms with Gasteiger partial charge in [-0.05, 0) is 24.1 Å². The monoisotopic (exact) mass is 295 g/mol. The fourth-order valence-electron chi connectivity index (χ4n) is 2.48. The highest BCUT2D eigenvalue weighted by Crippen LogP contribution is 2.33. The fourth-order valence-corrected chi connectivity index (χ4v) is 3.22. The van der Waals surface area contributed by atoms with E-state index in [1.807, 2.05) is 4.90 Å². The minimum atomic E-state index is -3.56. The van der Waals surface area contributed by atoms with Crippen LogP contribution in [0.1, 0.15) is 11.3 Å². The van der Waals surface area contributed by atoms with Crippen molar-refractivity contribution in [2.75, 3.05) is 17.7 Å². The molecule has 2 heterocycles. The van der Waals surface area contributed by atoms with Crippen molar-refractivity contribution in [3.63, 3.8) is 0 Å². The number of aromatic amines is 1. The molecule has 0 amide bonds. The van der Waals surface area contributed by atoms with Crippen LogP contribution in [0.2, 0.25) is 0 Å². The minimum absolute atomic E-state index is 0.243. The zero-order valence-corrected chi connectivity index (χ0v) is 11.7. The molecule has 0 aliphatic carbocycles. The van der Waals surface area contributed by atoms with Gasteiger partial charge < -0.3 is 9.88 Å². The Morgan fingerprint density at radius 1 is 1.45 bits per heavy atom. The zero-order valence-electron chi connectivity index (χ0n) is 10.9. The van der Waals surface area contributed by atoms with Gasteiger partial charge in [-0.25, -0.2) is 17.8 Å². The fraction of sp³-hybridized carbons (Fsp3) is 0.308. The molecule has 2 aromatic rings. The zero-order chi connectivity index (χ0) is 14.3. The van der Waals surface area contributed by atoms with Gasteiger partial charge in [-0.2, -0.15) is 0 Å². The third-order valence-electron chi connectivity index (χ3n) is 3.44. The van der Waals surface area contributed by atoms with E-state index in [2.05, 4.69) is 9.97 Å². The number of fused-ring (bicyclic) bond motifs is 1. The van der Waals surface area contributed by atoms with Gasteiger partial charge in [0.05, 0.1) is 18.6 Å². The molecule has 0 radical (unpaired) electrons. The van der Waals surface area contributed by atoms with Crippen molar-refractivity contribution in [3.05, 3.63) is 41.7 Å². The third-order valence-corrected chi connectivity index (χ3v) is 4.55. The summed E-state index contributed by atoms with van der Waals surface area (Å²) in [5.74, 6) is -0.672. The molecule has 3 rings (SSSR count). The van der Waals surface area contributed by atoms with E-state index >= 15 is 0 Å². The molecular formula is C13H14FN3O2S. The lowest BCUT2D eigenvalue weighted by molar-refractivity contribution is 0.570. The van der Waals surface area contributed by atoms with Crippen LogP contribution in [0.3, 0.4) is 0 Å². The number of imidazole rings is 1.